The van der Waals surface area contributed by atoms with Gasteiger partial charge in [-0.3, -0.25) is 0 Å². The molecule has 0 aliphatic heterocycles. The third-order valence-corrected chi connectivity index (χ3v) is 1.90. The van der Waals surface area contributed by atoms with Crippen LogP contribution in [-0.2, 0) is 4.74 Å². The summed E-state index contributed by atoms with van der Waals surface area (Å²) in [6.45, 7) is 0.390. The molecule has 0 heterocycles. The van der Waals surface area contributed by atoms with Crippen LogP contribution in [-0.4, -0.2) is 30.3 Å². The first kappa shape index (κ1) is 18.4. The number of esters is 1. The van der Waals surface area contributed by atoms with Gasteiger partial charge in [-0.05, 0) is 24.3 Å². The third kappa shape index (κ3) is 5.74. The van der Waals surface area contributed by atoms with Crippen molar-refractivity contribution in [2.75, 3.05) is 13.1 Å². The second kappa shape index (κ2) is 9.07. The van der Waals surface area contributed by atoms with Crippen molar-refractivity contribution < 1.29 is 14.6 Å². The molecule has 0 aliphatic carbocycles. The SMILES string of the molecule is Cl.Cl.NCC(CN)OC(=O)c1ccc(O)cc1. The lowest BCUT2D eigenvalue weighted by Crippen LogP contribution is -2.33. The van der Waals surface area contributed by atoms with E-state index in [0.717, 1.165) is 0 Å². The number of rotatable bonds is 4. The van der Waals surface area contributed by atoms with E-state index in [2.05, 4.69) is 0 Å². The van der Waals surface area contributed by atoms with Crippen LogP contribution in [0.15, 0.2) is 24.3 Å². The highest BCUT2D eigenvalue weighted by atomic mass is 35.5. The molecule has 0 unspecified atom stereocenters. The van der Waals surface area contributed by atoms with Crippen LogP contribution in [0.2, 0.25) is 0 Å². The number of hydrogen-bond acceptors (Lipinski definition) is 5. The minimum absolute atomic E-state index is 0. The maximum atomic E-state index is 11.5. The quantitative estimate of drug-likeness (QED) is 0.706. The molecule has 5 N–H and O–H groups in total. The molecule has 98 valence electrons. The molecule has 0 aromatic heterocycles. The van der Waals surface area contributed by atoms with Gasteiger partial charge in [0.15, 0.2) is 0 Å². The minimum atomic E-state index is -0.490. The van der Waals surface area contributed by atoms with Gasteiger partial charge < -0.3 is 21.3 Å². The van der Waals surface area contributed by atoms with Crippen molar-refractivity contribution in [3.63, 3.8) is 0 Å². The van der Waals surface area contributed by atoms with Crippen molar-refractivity contribution in [2.24, 2.45) is 11.5 Å². The van der Waals surface area contributed by atoms with Crippen molar-refractivity contribution in [1.82, 2.24) is 0 Å². The topological polar surface area (TPSA) is 98.6 Å². The predicted octanol–water partition coefficient (Wildman–Crippen LogP) is 0.679. The Balaban J connectivity index is 0. The number of benzene rings is 1. The van der Waals surface area contributed by atoms with Crippen LogP contribution in [0.3, 0.4) is 0 Å². The molecule has 0 aliphatic rings. The third-order valence-electron chi connectivity index (χ3n) is 1.90. The van der Waals surface area contributed by atoms with E-state index < -0.39 is 12.1 Å². The van der Waals surface area contributed by atoms with E-state index in [1.54, 1.807) is 0 Å². The Morgan fingerprint density at radius 2 is 1.65 bits per heavy atom. The Morgan fingerprint density at radius 1 is 1.18 bits per heavy atom. The van der Waals surface area contributed by atoms with Gasteiger partial charge in [0.1, 0.15) is 11.9 Å². The second-order valence-electron chi connectivity index (χ2n) is 3.05. The summed E-state index contributed by atoms with van der Waals surface area (Å²) < 4.78 is 5.00. The fourth-order valence-electron chi connectivity index (χ4n) is 1.01. The maximum absolute atomic E-state index is 11.5. The van der Waals surface area contributed by atoms with Crippen LogP contribution in [0.1, 0.15) is 10.4 Å². The van der Waals surface area contributed by atoms with E-state index in [0.29, 0.717) is 5.56 Å². The molecule has 1 aromatic rings. The molecule has 5 nitrogen and oxygen atoms in total. The molecule has 0 spiro atoms. The summed E-state index contributed by atoms with van der Waals surface area (Å²) in [7, 11) is 0. The van der Waals surface area contributed by atoms with Gasteiger partial charge in [-0.15, -0.1) is 24.8 Å². The number of aromatic hydroxyl groups is 1. The van der Waals surface area contributed by atoms with Crippen LogP contribution in [0.25, 0.3) is 0 Å². The average Bonchev–Trinajstić information content (AvgIpc) is 2.26. The van der Waals surface area contributed by atoms with Gasteiger partial charge in [0, 0.05) is 13.1 Å². The number of phenols is 1. The molecular weight excluding hydrogens is 267 g/mol. The summed E-state index contributed by atoms with van der Waals surface area (Å²) in [5.74, 6) is -0.392. The van der Waals surface area contributed by atoms with Gasteiger partial charge in [-0.2, -0.15) is 0 Å². The van der Waals surface area contributed by atoms with E-state index >= 15 is 0 Å². The van der Waals surface area contributed by atoms with Crippen molar-refractivity contribution in [1.29, 1.82) is 0 Å². The number of carbonyl (C=O) groups excluding carboxylic acids is 1. The zero-order valence-corrected chi connectivity index (χ0v) is 10.7. The second-order valence-corrected chi connectivity index (χ2v) is 3.05. The average molecular weight is 283 g/mol. The van der Waals surface area contributed by atoms with Crippen LogP contribution in [0, 0.1) is 0 Å². The van der Waals surface area contributed by atoms with Gasteiger partial charge in [0.05, 0.1) is 5.56 Å². The van der Waals surface area contributed by atoms with Gasteiger partial charge in [0.2, 0.25) is 0 Å². The highest BCUT2D eigenvalue weighted by Gasteiger charge is 2.12. The van der Waals surface area contributed by atoms with Crippen LogP contribution in [0.4, 0.5) is 0 Å². The lowest BCUT2D eigenvalue weighted by atomic mass is 10.2. The van der Waals surface area contributed by atoms with E-state index in [1.807, 2.05) is 0 Å². The number of nitrogens with two attached hydrogens (primary N) is 2. The number of ether oxygens (including phenoxy) is 1. The Labute approximate surface area is 112 Å². The molecule has 0 saturated heterocycles. The lowest BCUT2D eigenvalue weighted by Gasteiger charge is -2.13. The summed E-state index contributed by atoms with van der Waals surface area (Å²) in [5, 5.41) is 9.02. The first-order valence-electron chi connectivity index (χ1n) is 4.57. The normalized spacial score (nSPS) is 9.12. The van der Waals surface area contributed by atoms with Crippen LogP contribution in [0.5, 0.6) is 5.75 Å². The molecule has 1 rings (SSSR count). The summed E-state index contributed by atoms with van der Waals surface area (Å²) in [4.78, 5) is 11.5. The monoisotopic (exact) mass is 282 g/mol. The van der Waals surface area contributed by atoms with Crippen molar-refractivity contribution >= 4 is 30.8 Å². The Kier molecular flexibility index (Phi) is 9.79. The molecule has 0 bridgehead atoms. The largest absolute Gasteiger partial charge is 0.508 e. The highest BCUT2D eigenvalue weighted by molar-refractivity contribution is 5.89. The molecule has 0 amide bonds. The first-order chi connectivity index (χ1) is 7.17. The fourth-order valence-corrected chi connectivity index (χ4v) is 1.01. The molecule has 0 atom stereocenters. The molecule has 0 radical (unpaired) electrons. The van der Waals surface area contributed by atoms with E-state index in [9.17, 15) is 4.79 Å². The number of halogens is 2. The van der Waals surface area contributed by atoms with E-state index in [4.69, 9.17) is 21.3 Å². The smallest absolute Gasteiger partial charge is 0.338 e. The van der Waals surface area contributed by atoms with Gasteiger partial charge >= 0.3 is 5.97 Å². The van der Waals surface area contributed by atoms with Crippen molar-refractivity contribution in [3.05, 3.63) is 29.8 Å². The summed E-state index contributed by atoms with van der Waals surface area (Å²) in [5.41, 5.74) is 11.0. The summed E-state index contributed by atoms with van der Waals surface area (Å²) in [6.07, 6.45) is -0.466. The maximum Gasteiger partial charge on any atom is 0.338 e. The van der Waals surface area contributed by atoms with Crippen LogP contribution < -0.4 is 11.5 Å². The summed E-state index contributed by atoms with van der Waals surface area (Å²) >= 11 is 0. The molecule has 7 heteroatoms. The van der Waals surface area contributed by atoms with Gasteiger partial charge in [-0.25, -0.2) is 4.79 Å². The highest BCUT2D eigenvalue weighted by Crippen LogP contribution is 2.11. The van der Waals surface area contributed by atoms with Gasteiger partial charge in [-0.1, -0.05) is 0 Å². The Bertz CT molecular complexity index is 329. The standard InChI is InChI=1S/C10H14N2O3.2ClH/c11-5-9(6-12)15-10(14)7-1-3-8(13)4-2-7;;/h1-4,9,13H,5-6,11-12H2;2*1H. The zero-order chi connectivity index (χ0) is 11.3. The zero-order valence-electron chi connectivity index (χ0n) is 9.04. The molecule has 17 heavy (non-hydrogen) atoms. The van der Waals surface area contributed by atoms with E-state index in [1.165, 1.54) is 24.3 Å². The van der Waals surface area contributed by atoms with Gasteiger partial charge in [0.25, 0.3) is 0 Å². The fraction of sp³-hybridized carbons (Fsp3) is 0.300. The number of hydrogen-bond donors (Lipinski definition) is 3. The van der Waals surface area contributed by atoms with Crippen LogP contribution >= 0.6 is 24.8 Å². The summed E-state index contributed by atoms with van der Waals surface area (Å²) in [6, 6.07) is 5.77. The Hall–Kier alpha value is -1.01. The Morgan fingerprint density at radius 3 is 2.06 bits per heavy atom. The molecular formula is C10H16Cl2N2O3. The van der Waals surface area contributed by atoms with Crippen molar-refractivity contribution in [2.45, 2.75) is 6.10 Å². The minimum Gasteiger partial charge on any atom is -0.508 e. The predicted molar refractivity (Wildman–Crippen MR) is 69.9 cm³/mol. The van der Waals surface area contributed by atoms with Crippen molar-refractivity contribution in [3.8, 4) is 5.75 Å². The number of phenolic OH excluding ortho intramolecular Hbond substituents is 1. The molecule has 0 saturated carbocycles. The molecule has 1 aromatic carbocycles. The van der Waals surface area contributed by atoms with E-state index in [-0.39, 0.29) is 43.7 Å². The molecule has 0 fully saturated rings. The first-order valence-corrected chi connectivity index (χ1v) is 4.57. The number of carbonyl (C=O) groups is 1. The lowest BCUT2D eigenvalue weighted by molar-refractivity contribution is 0.0338.